The normalized spacial score (nSPS) is 12.4. The molecule has 16 heavy (non-hydrogen) atoms. The van der Waals surface area contributed by atoms with Gasteiger partial charge in [-0.25, -0.2) is 9.78 Å². The minimum atomic E-state index is -1.03. The number of hydrogen-bond donors (Lipinski definition) is 3. The molecule has 0 saturated carbocycles. The molecule has 0 unspecified atom stereocenters. The Hall–Kier alpha value is -1.85. The monoisotopic (exact) mass is 225 g/mol. The number of carboxylic acid groups (broad SMARTS) is 1. The first-order valence-corrected chi connectivity index (χ1v) is 5.02. The summed E-state index contributed by atoms with van der Waals surface area (Å²) in [5.74, 6) is -1.28. The maximum atomic E-state index is 11.6. The van der Waals surface area contributed by atoms with Crippen LogP contribution in [0.25, 0.3) is 0 Å². The molecule has 0 aliphatic heterocycles. The second-order valence-electron chi connectivity index (χ2n) is 3.96. The number of aromatic amines is 1. The van der Waals surface area contributed by atoms with Crippen molar-refractivity contribution in [3.63, 3.8) is 0 Å². The van der Waals surface area contributed by atoms with Crippen molar-refractivity contribution < 1.29 is 14.7 Å². The molecule has 0 aromatic carbocycles. The molecule has 0 radical (unpaired) electrons. The highest BCUT2D eigenvalue weighted by Crippen LogP contribution is 2.05. The molecule has 0 aliphatic rings. The number of aliphatic carboxylic acids is 1. The number of aromatic nitrogens is 2. The topological polar surface area (TPSA) is 95.1 Å². The van der Waals surface area contributed by atoms with E-state index in [4.69, 9.17) is 5.11 Å². The van der Waals surface area contributed by atoms with Crippen molar-refractivity contribution in [2.45, 2.75) is 26.3 Å². The molecule has 0 bridgehead atoms. The van der Waals surface area contributed by atoms with Gasteiger partial charge in [-0.05, 0) is 12.3 Å². The number of imidazole rings is 1. The van der Waals surface area contributed by atoms with Gasteiger partial charge in [-0.15, -0.1) is 0 Å². The summed E-state index contributed by atoms with van der Waals surface area (Å²) in [6, 6.07) is -0.865. The largest absolute Gasteiger partial charge is 0.480 e. The predicted molar refractivity (Wildman–Crippen MR) is 56.9 cm³/mol. The number of nitrogens with zero attached hydrogens (tertiary/aromatic N) is 1. The number of carboxylic acids is 1. The predicted octanol–water partition coefficient (Wildman–Crippen LogP) is 0.639. The summed E-state index contributed by atoms with van der Waals surface area (Å²) in [4.78, 5) is 28.8. The third-order valence-corrected chi connectivity index (χ3v) is 2.05. The van der Waals surface area contributed by atoms with Gasteiger partial charge in [-0.3, -0.25) is 4.79 Å². The molecule has 0 aliphatic carbocycles. The molecule has 6 heteroatoms. The van der Waals surface area contributed by atoms with Crippen LogP contribution in [-0.2, 0) is 4.79 Å². The lowest BCUT2D eigenvalue weighted by atomic mass is 10.0. The van der Waals surface area contributed by atoms with Crippen LogP contribution in [-0.4, -0.2) is 33.0 Å². The van der Waals surface area contributed by atoms with E-state index in [0.717, 1.165) is 0 Å². The van der Waals surface area contributed by atoms with E-state index in [2.05, 4.69) is 15.3 Å². The first-order chi connectivity index (χ1) is 7.50. The summed E-state index contributed by atoms with van der Waals surface area (Å²) in [7, 11) is 0. The highest BCUT2D eigenvalue weighted by Gasteiger charge is 2.21. The second kappa shape index (κ2) is 5.29. The van der Waals surface area contributed by atoms with Gasteiger partial charge >= 0.3 is 5.97 Å². The van der Waals surface area contributed by atoms with Crippen molar-refractivity contribution in [3.8, 4) is 0 Å². The molecular formula is C10H15N3O3. The standard InChI is InChI=1S/C10H15N3O3/c1-6(2)3-7(10(15)16)13-9(14)8-4-11-5-12-8/h4-7H,3H2,1-2H3,(H,11,12)(H,13,14)(H,15,16)/t7-/m1/s1. The molecule has 1 aromatic heterocycles. The number of amides is 1. The Morgan fingerprint density at radius 3 is 2.69 bits per heavy atom. The van der Waals surface area contributed by atoms with E-state index in [9.17, 15) is 9.59 Å². The summed E-state index contributed by atoms with van der Waals surface area (Å²) in [5, 5.41) is 11.4. The lowest BCUT2D eigenvalue weighted by Gasteiger charge is -2.15. The molecule has 3 N–H and O–H groups in total. The fourth-order valence-corrected chi connectivity index (χ4v) is 1.31. The Kier molecular flexibility index (Phi) is 4.04. The van der Waals surface area contributed by atoms with E-state index in [0.29, 0.717) is 6.42 Å². The molecule has 0 fully saturated rings. The van der Waals surface area contributed by atoms with Gasteiger partial charge < -0.3 is 15.4 Å². The van der Waals surface area contributed by atoms with Crippen LogP contribution >= 0.6 is 0 Å². The minimum Gasteiger partial charge on any atom is -0.480 e. The number of nitrogens with one attached hydrogen (secondary N) is 2. The molecule has 1 heterocycles. The summed E-state index contributed by atoms with van der Waals surface area (Å²) < 4.78 is 0. The van der Waals surface area contributed by atoms with Gasteiger partial charge in [0.05, 0.1) is 12.5 Å². The smallest absolute Gasteiger partial charge is 0.326 e. The average Bonchev–Trinajstić information content (AvgIpc) is 2.68. The highest BCUT2D eigenvalue weighted by molar-refractivity contribution is 5.94. The fraction of sp³-hybridized carbons (Fsp3) is 0.500. The van der Waals surface area contributed by atoms with Crippen molar-refractivity contribution in [3.05, 3.63) is 18.2 Å². The van der Waals surface area contributed by atoms with Gasteiger partial charge in [0.1, 0.15) is 11.7 Å². The Morgan fingerprint density at radius 2 is 2.25 bits per heavy atom. The third-order valence-electron chi connectivity index (χ3n) is 2.05. The summed E-state index contributed by atoms with van der Waals surface area (Å²) in [5.41, 5.74) is 0.259. The van der Waals surface area contributed by atoms with E-state index < -0.39 is 17.9 Å². The molecule has 1 aromatic rings. The Morgan fingerprint density at radius 1 is 1.56 bits per heavy atom. The van der Waals surface area contributed by atoms with Crippen LogP contribution in [0.5, 0.6) is 0 Å². The third kappa shape index (κ3) is 3.38. The maximum absolute atomic E-state index is 11.6. The molecule has 0 saturated heterocycles. The van der Waals surface area contributed by atoms with E-state index in [1.807, 2.05) is 13.8 Å². The SMILES string of the molecule is CC(C)C[C@@H](NC(=O)c1cnc[nH]1)C(=O)O. The number of carbonyl (C=O) groups is 2. The fourth-order valence-electron chi connectivity index (χ4n) is 1.31. The van der Waals surface area contributed by atoms with Crippen molar-refractivity contribution in [1.29, 1.82) is 0 Å². The van der Waals surface area contributed by atoms with E-state index in [1.54, 1.807) is 0 Å². The molecule has 0 spiro atoms. The summed E-state index contributed by atoms with van der Waals surface area (Å²) in [6.45, 7) is 3.80. The van der Waals surface area contributed by atoms with Crippen LogP contribution in [0, 0.1) is 5.92 Å². The quantitative estimate of drug-likeness (QED) is 0.685. The number of carbonyl (C=O) groups excluding carboxylic acids is 1. The van der Waals surface area contributed by atoms with Crippen LogP contribution in [0.4, 0.5) is 0 Å². The van der Waals surface area contributed by atoms with Crippen molar-refractivity contribution in [2.75, 3.05) is 0 Å². The number of rotatable bonds is 5. The molecule has 88 valence electrons. The maximum Gasteiger partial charge on any atom is 0.326 e. The molecule has 1 rings (SSSR count). The Bertz CT molecular complexity index is 359. The molecule has 1 amide bonds. The lowest BCUT2D eigenvalue weighted by Crippen LogP contribution is -2.41. The van der Waals surface area contributed by atoms with Crippen LogP contribution in [0.3, 0.4) is 0 Å². The van der Waals surface area contributed by atoms with Gasteiger partial charge in [-0.2, -0.15) is 0 Å². The first kappa shape index (κ1) is 12.2. The number of hydrogen-bond acceptors (Lipinski definition) is 3. The second-order valence-corrected chi connectivity index (χ2v) is 3.96. The van der Waals surface area contributed by atoms with Crippen LogP contribution < -0.4 is 5.32 Å². The zero-order chi connectivity index (χ0) is 12.1. The van der Waals surface area contributed by atoms with Crippen molar-refractivity contribution in [2.24, 2.45) is 5.92 Å². The van der Waals surface area contributed by atoms with Crippen LogP contribution in [0.2, 0.25) is 0 Å². The van der Waals surface area contributed by atoms with Crippen LogP contribution in [0.1, 0.15) is 30.8 Å². The summed E-state index contributed by atoms with van der Waals surface area (Å²) >= 11 is 0. The zero-order valence-electron chi connectivity index (χ0n) is 9.23. The molecule has 1 atom stereocenters. The zero-order valence-corrected chi connectivity index (χ0v) is 9.23. The van der Waals surface area contributed by atoms with E-state index in [1.165, 1.54) is 12.5 Å². The first-order valence-electron chi connectivity index (χ1n) is 5.02. The Balaban J connectivity index is 2.62. The molecule has 6 nitrogen and oxygen atoms in total. The highest BCUT2D eigenvalue weighted by atomic mass is 16.4. The van der Waals surface area contributed by atoms with Gasteiger partial charge in [0.2, 0.25) is 0 Å². The van der Waals surface area contributed by atoms with Crippen LogP contribution in [0.15, 0.2) is 12.5 Å². The van der Waals surface area contributed by atoms with Crippen molar-refractivity contribution in [1.82, 2.24) is 15.3 Å². The van der Waals surface area contributed by atoms with Gasteiger partial charge in [0.25, 0.3) is 5.91 Å². The molecular weight excluding hydrogens is 210 g/mol. The minimum absolute atomic E-state index is 0.197. The summed E-state index contributed by atoms with van der Waals surface area (Å²) in [6.07, 6.45) is 3.12. The Labute approximate surface area is 93.1 Å². The number of H-pyrrole nitrogens is 1. The van der Waals surface area contributed by atoms with E-state index in [-0.39, 0.29) is 11.6 Å². The van der Waals surface area contributed by atoms with Gasteiger partial charge in [0, 0.05) is 0 Å². The van der Waals surface area contributed by atoms with Gasteiger partial charge in [0.15, 0.2) is 0 Å². The van der Waals surface area contributed by atoms with Gasteiger partial charge in [-0.1, -0.05) is 13.8 Å². The lowest BCUT2D eigenvalue weighted by molar-refractivity contribution is -0.139. The van der Waals surface area contributed by atoms with E-state index >= 15 is 0 Å². The average molecular weight is 225 g/mol. The van der Waals surface area contributed by atoms with Crippen molar-refractivity contribution >= 4 is 11.9 Å².